The van der Waals surface area contributed by atoms with Crippen LogP contribution in [0.2, 0.25) is 0 Å². The van der Waals surface area contributed by atoms with E-state index < -0.39 is 21.2 Å². The smallest absolute Gasteiger partial charge is 0.273 e. The summed E-state index contributed by atoms with van der Waals surface area (Å²) >= 11 is 0. The summed E-state index contributed by atoms with van der Waals surface area (Å²) in [5, 5.41) is 2.32. The molecule has 2 amide bonds. The summed E-state index contributed by atoms with van der Waals surface area (Å²) in [5.41, 5.74) is 2.53. The zero-order valence-electron chi connectivity index (χ0n) is 27.2. The highest BCUT2D eigenvalue weighted by Crippen LogP contribution is 2.38. The van der Waals surface area contributed by atoms with E-state index in [4.69, 9.17) is 9.15 Å². The number of carbonyl (C=O) groups is 2. The highest BCUT2D eigenvalue weighted by Gasteiger charge is 2.27. The zero-order valence-corrected chi connectivity index (χ0v) is 28.0. The van der Waals surface area contributed by atoms with Gasteiger partial charge in [0.1, 0.15) is 12.0 Å². The van der Waals surface area contributed by atoms with E-state index >= 15 is 0 Å². The highest BCUT2D eigenvalue weighted by molar-refractivity contribution is 7.90. The van der Waals surface area contributed by atoms with E-state index in [9.17, 15) is 18.0 Å². The van der Waals surface area contributed by atoms with Crippen LogP contribution in [0, 0.1) is 5.92 Å². The molecule has 1 aromatic carbocycles. The van der Waals surface area contributed by atoms with Gasteiger partial charge in [0.25, 0.3) is 5.91 Å². The van der Waals surface area contributed by atoms with Crippen LogP contribution in [0.15, 0.2) is 28.9 Å². The molecule has 9 nitrogen and oxygen atoms in total. The second kappa shape index (κ2) is 18.2. The number of oxazole rings is 1. The van der Waals surface area contributed by atoms with Crippen LogP contribution in [0.25, 0.3) is 0 Å². The number of sulfonamides is 1. The van der Waals surface area contributed by atoms with Crippen molar-refractivity contribution in [3.8, 4) is 5.75 Å². The zero-order chi connectivity index (χ0) is 32.0. The molecule has 0 saturated heterocycles. The minimum atomic E-state index is -3.64. The van der Waals surface area contributed by atoms with Crippen molar-refractivity contribution >= 4 is 21.8 Å². The van der Waals surface area contributed by atoms with Crippen molar-refractivity contribution < 1.29 is 27.2 Å². The van der Waals surface area contributed by atoms with E-state index in [1.54, 1.807) is 21.0 Å². The quantitative estimate of drug-likeness (QED) is 0.162. The third kappa shape index (κ3) is 11.6. The number of methoxy groups -OCH3 is 1. The molecule has 1 heterocycles. The normalized spacial score (nSPS) is 17.0. The lowest BCUT2D eigenvalue weighted by Crippen LogP contribution is -2.35. The minimum absolute atomic E-state index is 0.102. The number of ether oxygens (including phenoxy) is 1. The number of hydrogen-bond donors (Lipinski definition) is 2. The first-order valence-corrected chi connectivity index (χ1v) is 18.1. The molecule has 1 fully saturated rings. The molecular weight excluding hydrogens is 578 g/mol. The maximum Gasteiger partial charge on any atom is 0.273 e. The summed E-state index contributed by atoms with van der Waals surface area (Å²) in [4.78, 5) is 29.5. The van der Waals surface area contributed by atoms with Gasteiger partial charge in [-0.15, -0.1) is 0 Å². The number of amides is 2. The van der Waals surface area contributed by atoms with Crippen molar-refractivity contribution in [2.45, 2.75) is 128 Å². The van der Waals surface area contributed by atoms with Gasteiger partial charge < -0.3 is 14.5 Å². The fourth-order valence-electron chi connectivity index (χ4n) is 5.92. The van der Waals surface area contributed by atoms with Crippen LogP contribution in [-0.4, -0.2) is 44.1 Å². The van der Waals surface area contributed by atoms with Gasteiger partial charge in [-0.1, -0.05) is 64.4 Å². The average Bonchev–Trinajstić information content (AvgIpc) is 3.50. The number of aromatic nitrogens is 1. The predicted octanol–water partition coefficient (Wildman–Crippen LogP) is 6.86. The van der Waals surface area contributed by atoms with E-state index in [0.717, 1.165) is 74.7 Å². The third-order valence-electron chi connectivity index (χ3n) is 8.67. The molecule has 0 aliphatic heterocycles. The molecule has 44 heavy (non-hydrogen) atoms. The molecule has 1 saturated carbocycles. The molecule has 1 aliphatic carbocycles. The Balaban J connectivity index is 1.47. The van der Waals surface area contributed by atoms with Crippen molar-refractivity contribution in [2.24, 2.45) is 5.92 Å². The molecule has 2 unspecified atom stereocenters. The average molecular weight is 632 g/mol. The number of aryl methyl sites for hydroxylation is 2. The van der Waals surface area contributed by atoms with Gasteiger partial charge in [0.05, 0.1) is 12.4 Å². The Morgan fingerprint density at radius 3 is 2.57 bits per heavy atom. The molecule has 0 radical (unpaired) electrons. The lowest BCUT2D eigenvalue weighted by Gasteiger charge is -2.27. The first-order chi connectivity index (χ1) is 21.1. The van der Waals surface area contributed by atoms with Crippen LogP contribution in [0.1, 0.15) is 138 Å². The maximum absolute atomic E-state index is 12.6. The number of carbonyl (C=O) groups excluding carboxylic acids is 2. The molecule has 1 aliphatic rings. The SMILES string of the molecule is CCCCCCCCNC(=O)c1coc(C2CCCC(CCCc3cc(OC)ccc3CCC(=O)NS(=O)(=O)C(C)C)C2)n1. The number of rotatable bonds is 19. The Hall–Kier alpha value is -2.88. The van der Waals surface area contributed by atoms with Crippen molar-refractivity contribution in [3.05, 3.63) is 47.2 Å². The molecule has 2 aromatic rings. The largest absolute Gasteiger partial charge is 0.497 e. The maximum atomic E-state index is 12.6. The molecule has 0 spiro atoms. The molecule has 2 N–H and O–H groups in total. The second-order valence-electron chi connectivity index (χ2n) is 12.5. The van der Waals surface area contributed by atoms with Gasteiger partial charge in [0.2, 0.25) is 15.9 Å². The van der Waals surface area contributed by atoms with Crippen LogP contribution in [0.5, 0.6) is 5.75 Å². The van der Waals surface area contributed by atoms with Gasteiger partial charge in [-0.25, -0.2) is 13.4 Å². The predicted molar refractivity (Wildman–Crippen MR) is 173 cm³/mol. The van der Waals surface area contributed by atoms with Crippen LogP contribution in [-0.2, 0) is 27.7 Å². The highest BCUT2D eigenvalue weighted by atomic mass is 32.2. The number of nitrogens with one attached hydrogen (secondary N) is 2. The van der Waals surface area contributed by atoms with Crippen molar-refractivity contribution in [2.75, 3.05) is 13.7 Å². The Morgan fingerprint density at radius 2 is 1.82 bits per heavy atom. The van der Waals surface area contributed by atoms with E-state index in [1.165, 1.54) is 31.9 Å². The first kappa shape index (κ1) is 35.6. The van der Waals surface area contributed by atoms with E-state index in [0.29, 0.717) is 30.5 Å². The fourth-order valence-corrected chi connectivity index (χ4v) is 6.57. The molecule has 1 aromatic heterocycles. The standard InChI is InChI=1S/C34H53N3O6S/c1-5-6-7-8-9-10-21-35-33(39)31-24-43-34(36-31)29-16-12-14-26(22-29)13-11-15-28-23-30(42-4)19-17-27(28)18-20-32(38)37-44(40,41)25(2)3/h17,19,23-26,29H,5-16,18,20-22H2,1-4H3,(H,35,39)(H,37,38). The Labute approximate surface area is 264 Å². The third-order valence-corrected chi connectivity index (χ3v) is 10.4. The Kier molecular flexibility index (Phi) is 14.7. The summed E-state index contributed by atoms with van der Waals surface area (Å²) in [6, 6.07) is 5.87. The number of benzene rings is 1. The first-order valence-electron chi connectivity index (χ1n) is 16.6. The molecule has 10 heteroatoms. The van der Waals surface area contributed by atoms with Gasteiger partial charge in [0, 0.05) is 18.9 Å². The minimum Gasteiger partial charge on any atom is -0.497 e. The summed E-state index contributed by atoms with van der Waals surface area (Å²) < 4.78 is 37.5. The van der Waals surface area contributed by atoms with E-state index in [1.807, 2.05) is 18.2 Å². The van der Waals surface area contributed by atoms with Gasteiger partial charge in [-0.2, -0.15) is 0 Å². The van der Waals surface area contributed by atoms with Crippen LogP contribution < -0.4 is 14.8 Å². The van der Waals surface area contributed by atoms with Crippen molar-refractivity contribution in [3.63, 3.8) is 0 Å². The second-order valence-corrected chi connectivity index (χ2v) is 14.7. The molecule has 3 rings (SSSR count). The topological polar surface area (TPSA) is 128 Å². The summed E-state index contributed by atoms with van der Waals surface area (Å²) in [5.74, 6) is 1.57. The van der Waals surface area contributed by atoms with Crippen LogP contribution in [0.3, 0.4) is 0 Å². The van der Waals surface area contributed by atoms with E-state index in [-0.39, 0.29) is 18.2 Å². The van der Waals surface area contributed by atoms with Crippen LogP contribution in [0.4, 0.5) is 0 Å². The fraction of sp³-hybridized carbons (Fsp3) is 0.676. The molecule has 246 valence electrons. The van der Waals surface area contributed by atoms with E-state index in [2.05, 4.69) is 21.9 Å². The Bertz CT molecular complexity index is 1290. The lowest BCUT2D eigenvalue weighted by atomic mass is 9.79. The van der Waals surface area contributed by atoms with Gasteiger partial charge >= 0.3 is 0 Å². The molecular formula is C34H53N3O6S. The van der Waals surface area contributed by atoms with Crippen LogP contribution >= 0.6 is 0 Å². The van der Waals surface area contributed by atoms with Gasteiger partial charge in [-0.3, -0.25) is 14.3 Å². The molecule has 0 bridgehead atoms. The monoisotopic (exact) mass is 631 g/mol. The number of nitrogens with zero attached hydrogens (tertiary/aromatic N) is 1. The lowest BCUT2D eigenvalue weighted by molar-refractivity contribution is -0.119. The van der Waals surface area contributed by atoms with Gasteiger partial charge in [0.15, 0.2) is 11.6 Å². The Morgan fingerprint density at radius 1 is 1.05 bits per heavy atom. The van der Waals surface area contributed by atoms with Gasteiger partial charge in [-0.05, 0) is 81.5 Å². The summed E-state index contributed by atoms with van der Waals surface area (Å²) in [6.45, 7) is 5.97. The number of hydrogen-bond acceptors (Lipinski definition) is 7. The molecule has 2 atom stereocenters. The van der Waals surface area contributed by atoms with Crippen molar-refractivity contribution in [1.29, 1.82) is 0 Å². The van der Waals surface area contributed by atoms with Crippen molar-refractivity contribution in [1.82, 2.24) is 15.0 Å². The summed E-state index contributed by atoms with van der Waals surface area (Å²) in [6.07, 6.45) is 16.3. The summed E-state index contributed by atoms with van der Waals surface area (Å²) in [7, 11) is -2.00. The number of unbranched alkanes of at least 4 members (excludes halogenated alkanes) is 5.